The van der Waals surface area contributed by atoms with Crippen LogP contribution < -0.4 is 5.19 Å². The first kappa shape index (κ1) is 32.5. The number of hydrogen-bond acceptors (Lipinski definition) is 4. The molecule has 0 aliphatic carbocycles. The van der Waals surface area contributed by atoms with E-state index < -0.39 is 8.07 Å². The molecule has 0 amide bonds. The van der Waals surface area contributed by atoms with Crippen LogP contribution in [0.25, 0.3) is 44.6 Å². The number of rotatable bonds is 4. The summed E-state index contributed by atoms with van der Waals surface area (Å²) in [5.74, 6) is 0. The van der Waals surface area contributed by atoms with Gasteiger partial charge in [-0.2, -0.15) is 0 Å². The zero-order valence-electron chi connectivity index (χ0n) is 26.3. The molecule has 0 atom stereocenters. The van der Waals surface area contributed by atoms with Gasteiger partial charge in [0.25, 0.3) is 0 Å². The smallest absolute Gasteiger partial charge is 0.216 e. The van der Waals surface area contributed by atoms with Gasteiger partial charge in [0.05, 0.1) is 5.58 Å². The Bertz CT molecular complexity index is 1850. The van der Waals surface area contributed by atoms with E-state index in [1.165, 1.54) is 27.3 Å². The first-order valence-corrected chi connectivity index (χ1v) is 18.0. The van der Waals surface area contributed by atoms with Crippen LogP contribution in [0.1, 0.15) is 37.5 Å². The first-order valence-electron chi connectivity index (χ1n) is 14.5. The van der Waals surface area contributed by atoms with Crippen LogP contribution in [-0.2, 0) is 26.5 Å². The molecule has 0 saturated heterocycles. The van der Waals surface area contributed by atoms with Crippen molar-refractivity contribution >= 4 is 35.3 Å². The fourth-order valence-electron chi connectivity index (χ4n) is 5.31. The van der Waals surface area contributed by atoms with Crippen LogP contribution in [-0.4, -0.2) is 23.0 Å². The van der Waals surface area contributed by atoms with Crippen molar-refractivity contribution in [2.75, 3.05) is 0 Å². The minimum Gasteiger partial charge on any atom is -0.486 e. The number of aryl methyl sites for hydroxylation is 2. The summed E-state index contributed by atoms with van der Waals surface area (Å²) in [6.45, 7) is 18.0. The van der Waals surface area contributed by atoms with Crippen molar-refractivity contribution in [2.45, 2.75) is 60.7 Å². The average molecular weight is 762 g/mol. The number of aromatic nitrogens is 3. The molecule has 6 heteroatoms. The maximum absolute atomic E-state index is 6.25. The molecule has 0 unspecified atom stereocenters. The summed E-state index contributed by atoms with van der Waals surface area (Å²) in [7, 11) is -1.58. The van der Waals surface area contributed by atoms with Gasteiger partial charge >= 0.3 is 0 Å². The van der Waals surface area contributed by atoms with E-state index in [1.54, 1.807) is 6.20 Å². The summed E-state index contributed by atoms with van der Waals surface area (Å²) in [4.78, 5) is 13.5. The molecule has 4 heterocycles. The minimum absolute atomic E-state index is 0. The first-order chi connectivity index (χ1) is 19.9. The van der Waals surface area contributed by atoms with Gasteiger partial charge in [0.1, 0.15) is 0 Å². The van der Waals surface area contributed by atoms with Gasteiger partial charge in [0.2, 0.25) is 5.71 Å². The van der Waals surface area contributed by atoms with Gasteiger partial charge in [-0.3, -0.25) is 0 Å². The zero-order chi connectivity index (χ0) is 30.1. The molecule has 6 rings (SSSR count). The normalized spacial score (nSPS) is 11.6. The van der Waals surface area contributed by atoms with E-state index >= 15 is 0 Å². The topological polar surface area (TPSA) is 51.8 Å². The van der Waals surface area contributed by atoms with Gasteiger partial charge < -0.3 is 14.4 Å². The van der Waals surface area contributed by atoms with Crippen molar-refractivity contribution in [1.29, 1.82) is 0 Å². The molecule has 223 valence electrons. The molecule has 0 spiro atoms. The Balaban J connectivity index is 0.000000238. The maximum Gasteiger partial charge on any atom is 0.216 e. The number of benzene rings is 2. The summed E-state index contributed by atoms with van der Waals surface area (Å²) in [5, 5.41) is 3.61. The predicted molar refractivity (Wildman–Crippen MR) is 178 cm³/mol. The Morgan fingerprint density at radius 3 is 2.35 bits per heavy atom. The zero-order valence-corrected chi connectivity index (χ0v) is 29.7. The third kappa shape index (κ3) is 7.56. The fraction of sp³-hybridized carbons (Fsp3) is 0.270. The molecular formula is C37H39IrN3OSi-2. The Hall–Kier alpha value is -3.44. The summed E-state index contributed by atoms with van der Waals surface area (Å²) in [5.41, 5.74) is 9.36. The molecule has 0 N–H and O–H groups in total. The van der Waals surface area contributed by atoms with E-state index in [2.05, 4.69) is 112 Å². The van der Waals surface area contributed by atoms with Crippen molar-refractivity contribution in [2.24, 2.45) is 5.41 Å². The second kappa shape index (κ2) is 13.0. The summed E-state index contributed by atoms with van der Waals surface area (Å²) in [6, 6.07) is 27.3. The number of hydrogen-bond donors (Lipinski definition) is 0. The summed E-state index contributed by atoms with van der Waals surface area (Å²) in [6.07, 6.45) is 6.57. The van der Waals surface area contributed by atoms with Crippen molar-refractivity contribution < 1.29 is 24.5 Å². The van der Waals surface area contributed by atoms with E-state index in [4.69, 9.17) is 4.42 Å². The predicted octanol–water partition coefficient (Wildman–Crippen LogP) is 9.14. The van der Waals surface area contributed by atoms with Gasteiger partial charge in [-0.1, -0.05) is 74.6 Å². The third-order valence-electron chi connectivity index (χ3n) is 7.13. The Morgan fingerprint density at radius 2 is 1.67 bits per heavy atom. The fourth-order valence-corrected chi connectivity index (χ4v) is 6.81. The summed E-state index contributed by atoms with van der Waals surface area (Å²) >= 11 is 0. The van der Waals surface area contributed by atoms with E-state index in [0.717, 1.165) is 39.9 Å². The van der Waals surface area contributed by atoms with Crippen LogP contribution >= 0.6 is 0 Å². The molecule has 0 aliphatic heterocycles. The van der Waals surface area contributed by atoms with Crippen molar-refractivity contribution in [3.8, 4) is 22.5 Å². The Morgan fingerprint density at radius 1 is 0.884 bits per heavy atom. The van der Waals surface area contributed by atoms with Gasteiger partial charge in [0, 0.05) is 52.2 Å². The quantitative estimate of drug-likeness (QED) is 0.133. The van der Waals surface area contributed by atoms with Gasteiger partial charge in [-0.05, 0) is 60.8 Å². The molecule has 0 saturated carbocycles. The average Bonchev–Trinajstić information content (AvgIpc) is 3.32. The molecule has 0 bridgehead atoms. The molecule has 6 aromatic rings. The molecule has 4 aromatic heterocycles. The Labute approximate surface area is 270 Å². The molecule has 43 heavy (non-hydrogen) atoms. The van der Waals surface area contributed by atoms with E-state index in [9.17, 15) is 0 Å². The second-order valence-corrected chi connectivity index (χ2v) is 18.3. The third-order valence-corrected chi connectivity index (χ3v) is 9.14. The van der Waals surface area contributed by atoms with Crippen LogP contribution in [0.3, 0.4) is 0 Å². The van der Waals surface area contributed by atoms with Gasteiger partial charge in [-0.25, -0.2) is 4.98 Å². The van der Waals surface area contributed by atoms with E-state index in [0.29, 0.717) is 5.71 Å². The summed E-state index contributed by atoms with van der Waals surface area (Å²) < 4.78 is 6.25. The van der Waals surface area contributed by atoms with Crippen molar-refractivity contribution in [3.63, 3.8) is 0 Å². The molecule has 2 aromatic carbocycles. The molecule has 1 radical (unpaired) electrons. The van der Waals surface area contributed by atoms with Crippen LogP contribution in [0.15, 0.2) is 83.7 Å². The van der Waals surface area contributed by atoms with Crippen LogP contribution in [0, 0.1) is 31.4 Å². The second-order valence-electron chi connectivity index (χ2n) is 13.2. The largest absolute Gasteiger partial charge is 0.486 e. The Kier molecular flexibility index (Phi) is 9.85. The SMILES string of the molecule is CC(C)(C)Cc1ccnc(-c2[c-]cc([Si](C)(C)C)c3c2oc2ncccc23)c1.Cc1cnc(-c2[c-]cccc2)c(C)c1.[Ir]. The number of pyridine rings is 3. The standard InChI is InChI=1S/C24H27N2OSi.C13H12N.Ir/c1-24(2,3)15-16-11-13-25-19(14-16)17-9-10-20(28(4,5)6)21-18-8-7-12-26-23(18)27-22(17)21;1-10-8-11(2)13(14-9-10)12-6-4-3-5-7-12;/h7-8,10-14H,15H2,1-6H3;3-6,8-9H,1-2H3;/q2*-1;. The van der Waals surface area contributed by atoms with Gasteiger partial charge in [0.15, 0.2) is 0 Å². The van der Waals surface area contributed by atoms with Crippen LogP contribution in [0.2, 0.25) is 19.6 Å². The van der Waals surface area contributed by atoms with Crippen LogP contribution in [0.5, 0.6) is 0 Å². The van der Waals surface area contributed by atoms with E-state index in [-0.39, 0.29) is 25.5 Å². The van der Waals surface area contributed by atoms with Crippen molar-refractivity contribution in [1.82, 2.24) is 15.0 Å². The number of furan rings is 1. The van der Waals surface area contributed by atoms with E-state index in [1.807, 2.05) is 42.7 Å². The molecular weight excluding hydrogens is 723 g/mol. The van der Waals surface area contributed by atoms with Crippen molar-refractivity contribution in [3.05, 3.63) is 108 Å². The molecule has 0 aliphatic rings. The maximum atomic E-state index is 6.25. The monoisotopic (exact) mass is 762 g/mol. The molecule has 4 nitrogen and oxygen atoms in total. The van der Waals surface area contributed by atoms with Gasteiger partial charge in [-0.15, -0.1) is 53.2 Å². The van der Waals surface area contributed by atoms with Crippen LogP contribution in [0.4, 0.5) is 0 Å². The number of fused-ring (bicyclic) bond motifs is 3. The number of nitrogens with zero attached hydrogens (tertiary/aromatic N) is 3. The minimum atomic E-state index is -1.58. The molecule has 0 fully saturated rings.